The summed E-state index contributed by atoms with van der Waals surface area (Å²) in [6.07, 6.45) is 0. The van der Waals surface area contributed by atoms with Crippen LogP contribution in [0.1, 0.15) is 45.2 Å². The van der Waals surface area contributed by atoms with Gasteiger partial charge in [0.05, 0.1) is 23.7 Å². The molecule has 8 heteroatoms. The molecular weight excluding hydrogens is 374 g/mol. The molecule has 1 unspecified atom stereocenters. The lowest BCUT2D eigenvalue weighted by Crippen LogP contribution is -2.41. The van der Waals surface area contributed by atoms with Gasteiger partial charge in [-0.2, -0.15) is 0 Å². The predicted molar refractivity (Wildman–Crippen MR) is 106 cm³/mol. The van der Waals surface area contributed by atoms with E-state index in [1.54, 1.807) is 4.68 Å². The second kappa shape index (κ2) is 7.55. The van der Waals surface area contributed by atoms with Gasteiger partial charge in [-0.1, -0.05) is 35.5 Å². The minimum Gasteiger partial charge on any atom is -0.346 e. The molecule has 0 fully saturated rings. The second-order valence-electron chi connectivity index (χ2n) is 6.90. The zero-order chi connectivity index (χ0) is 19.7. The van der Waals surface area contributed by atoms with Gasteiger partial charge < -0.3 is 10.2 Å². The number of nitrogens with zero attached hydrogens (tertiary/aromatic N) is 4. The summed E-state index contributed by atoms with van der Waals surface area (Å²) in [5, 5.41) is 13.2. The average molecular weight is 395 g/mol. The molecule has 0 radical (unpaired) electrons. The van der Waals surface area contributed by atoms with Crippen LogP contribution in [0.3, 0.4) is 0 Å². The molecule has 1 aliphatic heterocycles. The van der Waals surface area contributed by atoms with Gasteiger partial charge in [0.1, 0.15) is 11.7 Å². The number of carbonyl (C=O) groups excluding carboxylic acids is 2. The van der Waals surface area contributed by atoms with E-state index in [0.717, 1.165) is 16.8 Å². The summed E-state index contributed by atoms with van der Waals surface area (Å²) in [7, 11) is 0. The van der Waals surface area contributed by atoms with E-state index in [2.05, 4.69) is 15.6 Å². The molecule has 7 nitrogen and oxygen atoms in total. The third kappa shape index (κ3) is 3.43. The SMILES string of the molecule is Cc1ccsc1C(=O)NCc1nnn2c1CN(Cc1ccccc1)C(=O)C2C. The van der Waals surface area contributed by atoms with Crippen LogP contribution in [0.15, 0.2) is 41.8 Å². The van der Waals surface area contributed by atoms with Crippen LogP contribution in [0.5, 0.6) is 0 Å². The molecule has 0 saturated heterocycles. The van der Waals surface area contributed by atoms with Crippen molar-refractivity contribution in [1.29, 1.82) is 0 Å². The largest absolute Gasteiger partial charge is 0.346 e. The number of fused-ring (bicyclic) bond motifs is 1. The van der Waals surface area contributed by atoms with Crippen molar-refractivity contribution in [2.24, 2.45) is 0 Å². The van der Waals surface area contributed by atoms with Crippen LogP contribution in [0.4, 0.5) is 0 Å². The Morgan fingerprint density at radius 2 is 2.07 bits per heavy atom. The van der Waals surface area contributed by atoms with Crippen molar-refractivity contribution < 1.29 is 9.59 Å². The van der Waals surface area contributed by atoms with Gasteiger partial charge in [0.15, 0.2) is 0 Å². The van der Waals surface area contributed by atoms with Crippen LogP contribution in [-0.4, -0.2) is 31.7 Å². The Labute approximate surface area is 167 Å². The second-order valence-corrected chi connectivity index (χ2v) is 7.81. The molecule has 4 rings (SSSR count). The van der Waals surface area contributed by atoms with Crippen LogP contribution < -0.4 is 5.32 Å². The number of nitrogens with one attached hydrogen (secondary N) is 1. The molecule has 0 bridgehead atoms. The first-order valence-electron chi connectivity index (χ1n) is 9.12. The first kappa shape index (κ1) is 18.4. The highest BCUT2D eigenvalue weighted by atomic mass is 32.1. The molecule has 28 heavy (non-hydrogen) atoms. The molecule has 1 atom stereocenters. The van der Waals surface area contributed by atoms with Crippen LogP contribution >= 0.6 is 11.3 Å². The fourth-order valence-electron chi connectivity index (χ4n) is 3.37. The van der Waals surface area contributed by atoms with Gasteiger partial charge >= 0.3 is 0 Å². The summed E-state index contributed by atoms with van der Waals surface area (Å²) < 4.78 is 1.67. The van der Waals surface area contributed by atoms with E-state index in [4.69, 9.17) is 0 Å². The monoisotopic (exact) mass is 395 g/mol. The summed E-state index contributed by atoms with van der Waals surface area (Å²) in [5.74, 6) is -0.0959. The van der Waals surface area contributed by atoms with Gasteiger partial charge in [0, 0.05) is 6.54 Å². The molecule has 1 aliphatic rings. The Morgan fingerprint density at radius 1 is 1.29 bits per heavy atom. The molecule has 1 N–H and O–H groups in total. The Hall–Kier alpha value is -3.00. The molecular formula is C20H21N5O2S. The molecule has 3 heterocycles. The van der Waals surface area contributed by atoms with Gasteiger partial charge in [0.25, 0.3) is 5.91 Å². The Bertz CT molecular complexity index is 1010. The van der Waals surface area contributed by atoms with Crippen molar-refractivity contribution in [3.63, 3.8) is 0 Å². The van der Waals surface area contributed by atoms with Gasteiger partial charge in [-0.05, 0) is 36.4 Å². The number of carbonyl (C=O) groups is 2. The number of benzene rings is 1. The maximum atomic E-state index is 12.7. The highest BCUT2D eigenvalue weighted by molar-refractivity contribution is 7.12. The van der Waals surface area contributed by atoms with Crippen molar-refractivity contribution in [3.8, 4) is 0 Å². The van der Waals surface area contributed by atoms with Crippen molar-refractivity contribution in [1.82, 2.24) is 25.2 Å². The zero-order valence-corrected chi connectivity index (χ0v) is 16.6. The minimum atomic E-state index is -0.413. The highest BCUT2D eigenvalue weighted by Gasteiger charge is 2.33. The predicted octanol–water partition coefficient (Wildman–Crippen LogP) is 2.68. The van der Waals surface area contributed by atoms with Crippen LogP contribution in [0.2, 0.25) is 0 Å². The summed E-state index contributed by atoms with van der Waals surface area (Å²) in [6.45, 7) is 4.99. The topological polar surface area (TPSA) is 80.1 Å². The first-order chi connectivity index (χ1) is 13.5. The van der Waals surface area contributed by atoms with Gasteiger partial charge in [-0.25, -0.2) is 4.68 Å². The van der Waals surface area contributed by atoms with E-state index in [1.165, 1.54) is 11.3 Å². The van der Waals surface area contributed by atoms with E-state index in [0.29, 0.717) is 23.7 Å². The number of thiophene rings is 1. The van der Waals surface area contributed by atoms with Gasteiger partial charge in [0.2, 0.25) is 5.91 Å². The fraction of sp³-hybridized carbons (Fsp3) is 0.300. The molecule has 2 aromatic heterocycles. The Kier molecular flexibility index (Phi) is 4.95. The molecule has 0 aliphatic carbocycles. The van der Waals surface area contributed by atoms with E-state index in [-0.39, 0.29) is 18.4 Å². The fourth-order valence-corrected chi connectivity index (χ4v) is 4.21. The number of aromatic nitrogens is 3. The molecule has 2 amide bonds. The highest BCUT2D eigenvalue weighted by Crippen LogP contribution is 2.25. The minimum absolute atomic E-state index is 0.0195. The number of aryl methyl sites for hydroxylation is 1. The lowest BCUT2D eigenvalue weighted by Gasteiger charge is -2.31. The Balaban J connectivity index is 1.51. The smallest absolute Gasteiger partial charge is 0.261 e. The molecule has 0 saturated carbocycles. The first-order valence-corrected chi connectivity index (χ1v) is 10.0. The van der Waals surface area contributed by atoms with Crippen molar-refractivity contribution in [2.75, 3.05) is 0 Å². The maximum absolute atomic E-state index is 12.7. The summed E-state index contributed by atoms with van der Waals surface area (Å²) >= 11 is 1.42. The third-order valence-electron chi connectivity index (χ3n) is 4.95. The zero-order valence-electron chi connectivity index (χ0n) is 15.8. The third-order valence-corrected chi connectivity index (χ3v) is 5.96. The van der Waals surface area contributed by atoms with Gasteiger partial charge in [-0.3, -0.25) is 9.59 Å². The molecule has 144 valence electrons. The normalized spacial score (nSPS) is 16.1. The molecule has 3 aromatic rings. The van der Waals surface area contributed by atoms with Gasteiger partial charge in [-0.15, -0.1) is 16.4 Å². The van der Waals surface area contributed by atoms with E-state index < -0.39 is 6.04 Å². The molecule has 0 spiro atoms. The maximum Gasteiger partial charge on any atom is 0.261 e. The van der Waals surface area contributed by atoms with Crippen LogP contribution in [0, 0.1) is 6.92 Å². The summed E-state index contributed by atoms with van der Waals surface area (Å²) in [5.41, 5.74) is 3.60. The number of rotatable bonds is 5. The van der Waals surface area contributed by atoms with E-state index >= 15 is 0 Å². The van der Waals surface area contributed by atoms with E-state index in [1.807, 2.05) is 60.5 Å². The standard InChI is InChI=1S/C20H21N5O2S/c1-13-8-9-28-18(13)19(26)21-10-16-17-12-24(11-15-6-4-3-5-7-15)20(27)14(2)25(17)23-22-16/h3-9,14H,10-12H2,1-2H3,(H,21,26). The summed E-state index contributed by atoms with van der Waals surface area (Å²) in [6, 6.07) is 11.4. The van der Waals surface area contributed by atoms with Crippen molar-refractivity contribution >= 4 is 23.2 Å². The molecule has 1 aromatic carbocycles. The average Bonchev–Trinajstić information content (AvgIpc) is 3.31. The lowest BCUT2D eigenvalue weighted by atomic mass is 10.1. The number of hydrogen-bond donors (Lipinski definition) is 1. The van der Waals surface area contributed by atoms with Crippen LogP contribution in [-0.2, 0) is 24.4 Å². The van der Waals surface area contributed by atoms with E-state index in [9.17, 15) is 9.59 Å². The summed E-state index contributed by atoms with van der Waals surface area (Å²) in [4.78, 5) is 27.6. The van der Waals surface area contributed by atoms with Crippen molar-refractivity contribution in [2.45, 2.75) is 39.5 Å². The lowest BCUT2D eigenvalue weighted by molar-refractivity contribution is -0.138. The van der Waals surface area contributed by atoms with Crippen LogP contribution in [0.25, 0.3) is 0 Å². The quantitative estimate of drug-likeness (QED) is 0.720. The number of amides is 2. The van der Waals surface area contributed by atoms with Crippen molar-refractivity contribution in [3.05, 3.63) is 69.2 Å². The Morgan fingerprint density at radius 3 is 2.79 bits per heavy atom. The number of hydrogen-bond acceptors (Lipinski definition) is 5.